The van der Waals surface area contributed by atoms with Crippen LogP contribution in [0.1, 0.15) is 26.3 Å². The number of alkyl halides is 1. The van der Waals surface area contributed by atoms with E-state index in [9.17, 15) is 0 Å². The Morgan fingerprint density at radius 3 is 1.69 bits per heavy atom. The fraction of sp³-hybridized carbons (Fsp3) is 0.280. The van der Waals surface area contributed by atoms with E-state index in [0.29, 0.717) is 13.2 Å². The number of ether oxygens (including phenoxy) is 1. The molecule has 0 heterocycles. The monoisotopic (exact) mass is 468 g/mol. The number of rotatable bonds is 8. The minimum Gasteiger partial charge on any atom is -0.491 e. The molecule has 0 aliphatic heterocycles. The molecule has 0 unspecified atom stereocenters. The van der Waals surface area contributed by atoms with Crippen LogP contribution in [0.15, 0.2) is 84.9 Å². The van der Waals surface area contributed by atoms with Gasteiger partial charge >= 0.3 is 0 Å². The standard InChI is InChI=1S/C25H29BrO2Si/c1-25(2,3)29(23-10-6-4-7-11-23,24-12-8-5-9-13-24)28-19-18-27-22-16-14-21(20-26)15-17-22/h4-17H,18-20H2,1-3H3. The molecule has 0 saturated heterocycles. The molecule has 3 rings (SSSR count). The summed E-state index contributed by atoms with van der Waals surface area (Å²) in [7, 11) is -2.49. The molecule has 0 spiro atoms. The fourth-order valence-corrected chi connectivity index (χ4v) is 8.71. The van der Waals surface area contributed by atoms with Crippen LogP contribution in [0.4, 0.5) is 0 Å². The van der Waals surface area contributed by atoms with Gasteiger partial charge in [0.1, 0.15) is 12.4 Å². The first-order valence-corrected chi connectivity index (χ1v) is 13.0. The first-order chi connectivity index (χ1) is 14.0. The van der Waals surface area contributed by atoms with E-state index in [0.717, 1.165) is 11.1 Å². The highest BCUT2D eigenvalue weighted by atomic mass is 79.9. The first kappa shape index (κ1) is 21.8. The second kappa shape index (κ2) is 9.75. The Bertz CT molecular complexity index is 835. The third-order valence-corrected chi connectivity index (χ3v) is 10.9. The molecule has 3 aromatic carbocycles. The second-order valence-corrected chi connectivity index (χ2v) is 13.0. The maximum atomic E-state index is 6.84. The van der Waals surface area contributed by atoms with Gasteiger partial charge in [-0.1, -0.05) is 109 Å². The van der Waals surface area contributed by atoms with Crippen LogP contribution in [0.2, 0.25) is 5.04 Å². The van der Waals surface area contributed by atoms with E-state index in [1.165, 1.54) is 15.9 Å². The molecule has 0 atom stereocenters. The van der Waals surface area contributed by atoms with Gasteiger partial charge in [-0.15, -0.1) is 0 Å². The molecule has 0 fully saturated rings. The van der Waals surface area contributed by atoms with E-state index in [1.54, 1.807) is 0 Å². The molecule has 0 radical (unpaired) electrons. The van der Waals surface area contributed by atoms with Crippen LogP contribution in [0.3, 0.4) is 0 Å². The maximum Gasteiger partial charge on any atom is 0.261 e. The van der Waals surface area contributed by atoms with Crippen molar-refractivity contribution >= 4 is 34.6 Å². The number of hydrogen-bond acceptors (Lipinski definition) is 2. The summed E-state index contributed by atoms with van der Waals surface area (Å²) >= 11 is 3.47. The highest BCUT2D eigenvalue weighted by Crippen LogP contribution is 2.36. The lowest BCUT2D eigenvalue weighted by Crippen LogP contribution is -2.66. The van der Waals surface area contributed by atoms with Crippen LogP contribution in [-0.4, -0.2) is 21.5 Å². The van der Waals surface area contributed by atoms with Crippen LogP contribution >= 0.6 is 15.9 Å². The average molecular weight is 469 g/mol. The van der Waals surface area contributed by atoms with Gasteiger partial charge in [0.15, 0.2) is 0 Å². The summed E-state index contributed by atoms with van der Waals surface area (Å²) in [6.45, 7) is 7.95. The van der Waals surface area contributed by atoms with E-state index >= 15 is 0 Å². The van der Waals surface area contributed by atoms with Gasteiger partial charge in [-0.05, 0) is 33.1 Å². The number of benzene rings is 3. The summed E-state index contributed by atoms with van der Waals surface area (Å²) in [5.41, 5.74) is 1.24. The highest BCUT2D eigenvalue weighted by Gasteiger charge is 2.50. The predicted octanol–water partition coefficient (Wildman–Crippen LogP) is 5.54. The van der Waals surface area contributed by atoms with Crippen molar-refractivity contribution in [1.29, 1.82) is 0 Å². The largest absolute Gasteiger partial charge is 0.491 e. The van der Waals surface area contributed by atoms with Gasteiger partial charge in [0.25, 0.3) is 8.32 Å². The van der Waals surface area contributed by atoms with Gasteiger partial charge in [0.2, 0.25) is 0 Å². The van der Waals surface area contributed by atoms with Crippen LogP contribution in [0.25, 0.3) is 0 Å². The summed E-state index contributed by atoms with van der Waals surface area (Å²) in [4.78, 5) is 0. The van der Waals surface area contributed by atoms with Crippen molar-refractivity contribution in [2.24, 2.45) is 0 Å². The Morgan fingerprint density at radius 2 is 1.24 bits per heavy atom. The molecule has 152 valence electrons. The van der Waals surface area contributed by atoms with Crippen LogP contribution in [-0.2, 0) is 9.76 Å². The molecular weight excluding hydrogens is 440 g/mol. The molecule has 0 bridgehead atoms. The molecule has 2 nitrogen and oxygen atoms in total. The molecule has 0 aromatic heterocycles. The molecule has 29 heavy (non-hydrogen) atoms. The molecule has 0 aliphatic carbocycles. The smallest absolute Gasteiger partial charge is 0.261 e. The molecule has 0 amide bonds. The Kier molecular flexibility index (Phi) is 7.33. The lowest BCUT2D eigenvalue weighted by molar-refractivity contribution is 0.208. The van der Waals surface area contributed by atoms with Crippen molar-refractivity contribution in [3.05, 3.63) is 90.5 Å². The second-order valence-electron chi connectivity index (χ2n) is 8.14. The van der Waals surface area contributed by atoms with E-state index in [-0.39, 0.29) is 5.04 Å². The van der Waals surface area contributed by atoms with Gasteiger partial charge < -0.3 is 9.16 Å². The van der Waals surface area contributed by atoms with Gasteiger partial charge in [0.05, 0.1) is 6.61 Å². The zero-order valence-corrected chi connectivity index (χ0v) is 20.0. The molecule has 3 aromatic rings. The van der Waals surface area contributed by atoms with Gasteiger partial charge in [-0.25, -0.2) is 0 Å². The fourth-order valence-electron chi connectivity index (χ4n) is 3.79. The molecular formula is C25H29BrO2Si. The third-order valence-electron chi connectivity index (χ3n) is 5.17. The van der Waals surface area contributed by atoms with Crippen LogP contribution in [0.5, 0.6) is 5.75 Å². The van der Waals surface area contributed by atoms with Crippen molar-refractivity contribution in [3.8, 4) is 5.75 Å². The molecule has 0 saturated carbocycles. The normalized spacial score (nSPS) is 12.0. The van der Waals surface area contributed by atoms with Crippen molar-refractivity contribution in [1.82, 2.24) is 0 Å². The molecule has 4 heteroatoms. The predicted molar refractivity (Wildman–Crippen MR) is 128 cm³/mol. The Balaban J connectivity index is 1.83. The quantitative estimate of drug-likeness (QED) is 0.245. The van der Waals surface area contributed by atoms with Gasteiger partial charge in [-0.3, -0.25) is 0 Å². The Labute approximate surface area is 184 Å². The third kappa shape index (κ3) is 5.00. The van der Waals surface area contributed by atoms with Gasteiger partial charge in [0, 0.05) is 5.33 Å². The van der Waals surface area contributed by atoms with Gasteiger partial charge in [-0.2, -0.15) is 0 Å². The van der Waals surface area contributed by atoms with E-state index in [2.05, 4.69) is 109 Å². The minimum absolute atomic E-state index is 0.0206. The van der Waals surface area contributed by atoms with Crippen LogP contribution in [0, 0.1) is 0 Å². The van der Waals surface area contributed by atoms with Crippen molar-refractivity contribution < 1.29 is 9.16 Å². The maximum absolute atomic E-state index is 6.84. The van der Waals surface area contributed by atoms with Crippen molar-refractivity contribution in [2.45, 2.75) is 31.1 Å². The highest BCUT2D eigenvalue weighted by molar-refractivity contribution is 9.08. The lowest BCUT2D eigenvalue weighted by atomic mass is 10.2. The Morgan fingerprint density at radius 1 is 0.724 bits per heavy atom. The average Bonchev–Trinajstić information content (AvgIpc) is 2.74. The van der Waals surface area contributed by atoms with E-state index in [4.69, 9.17) is 9.16 Å². The van der Waals surface area contributed by atoms with Crippen molar-refractivity contribution in [2.75, 3.05) is 13.2 Å². The zero-order chi connectivity index (χ0) is 20.7. The first-order valence-electron chi connectivity index (χ1n) is 10.00. The van der Waals surface area contributed by atoms with E-state index < -0.39 is 8.32 Å². The summed E-state index contributed by atoms with van der Waals surface area (Å²) in [5, 5.41) is 3.41. The Hall–Kier alpha value is -1.88. The lowest BCUT2D eigenvalue weighted by Gasteiger charge is -2.43. The minimum atomic E-state index is -2.49. The molecule has 0 aliphatic rings. The topological polar surface area (TPSA) is 18.5 Å². The summed E-state index contributed by atoms with van der Waals surface area (Å²) < 4.78 is 12.8. The SMILES string of the molecule is CC(C)(C)[Si](OCCOc1ccc(CBr)cc1)(c1ccccc1)c1ccccc1. The zero-order valence-electron chi connectivity index (χ0n) is 17.4. The summed E-state index contributed by atoms with van der Waals surface area (Å²) in [6, 6.07) is 29.6. The van der Waals surface area contributed by atoms with Crippen LogP contribution < -0.4 is 15.1 Å². The summed E-state index contributed by atoms with van der Waals surface area (Å²) in [6.07, 6.45) is 0. The van der Waals surface area contributed by atoms with Crippen molar-refractivity contribution in [3.63, 3.8) is 0 Å². The number of halogens is 1. The summed E-state index contributed by atoms with van der Waals surface area (Å²) in [5.74, 6) is 0.876. The molecule has 0 N–H and O–H groups in total. The number of hydrogen-bond donors (Lipinski definition) is 0. The van der Waals surface area contributed by atoms with E-state index in [1.807, 2.05) is 12.1 Å².